The monoisotopic (exact) mass is 1180 g/mol. The van der Waals surface area contributed by atoms with Crippen LogP contribution in [0.3, 0.4) is 0 Å². The number of esters is 7. The Labute approximate surface area is 490 Å². The number of amides is 3. The van der Waals surface area contributed by atoms with Gasteiger partial charge >= 0.3 is 60.1 Å². The predicted molar refractivity (Wildman–Crippen MR) is 309 cm³/mol. The number of hydrogen-bond donors (Lipinski definition) is 3. The molecule has 0 saturated heterocycles. The molecular weight excluding hydrogens is 1100 g/mol. The van der Waals surface area contributed by atoms with E-state index in [1.165, 1.54) is 20.8 Å². The molecule has 0 aliphatic heterocycles. The highest BCUT2D eigenvalue weighted by Crippen LogP contribution is 2.17. The van der Waals surface area contributed by atoms with Gasteiger partial charge in [-0.3, -0.25) is 15.4 Å². The quantitative estimate of drug-likeness (QED) is 0.0248. The molecule has 0 unspecified atom stereocenters. The molecule has 462 valence electrons. The summed E-state index contributed by atoms with van der Waals surface area (Å²) in [6.07, 6.45) is 3.28. The third kappa shape index (κ3) is 41.0. The molecule has 0 atom stereocenters. The van der Waals surface area contributed by atoms with E-state index in [2.05, 4.69) is 55.4 Å². The van der Waals surface area contributed by atoms with E-state index in [9.17, 15) is 47.9 Å². The molecule has 2 aromatic rings. The molecule has 84 heavy (non-hydrogen) atoms. The Balaban J connectivity index is 0.00000132. The molecule has 0 bridgehead atoms. The van der Waals surface area contributed by atoms with Crippen LogP contribution < -0.4 is 16.0 Å². The van der Waals surface area contributed by atoms with Crippen LogP contribution in [0.5, 0.6) is 0 Å². The van der Waals surface area contributed by atoms with E-state index in [1.807, 2.05) is 24.3 Å². The highest BCUT2D eigenvalue weighted by molar-refractivity contribution is 5.89. The van der Waals surface area contributed by atoms with Gasteiger partial charge in [0.15, 0.2) is 0 Å². The molecule has 0 saturated carbocycles. The molecule has 0 aromatic heterocycles. The number of carbonyl (C=O) groups excluding carboxylic acids is 10. The zero-order valence-electron chi connectivity index (χ0n) is 49.1. The average molecular weight is 1180 g/mol. The summed E-state index contributed by atoms with van der Waals surface area (Å²) in [6, 6.07) is 14.5. The smallest absolute Gasteiger partial charge is 0.411 e. The van der Waals surface area contributed by atoms with Gasteiger partial charge in [-0.25, -0.2) is 43.2 Å². The molecule has 0 fully saturated rings. The summed E-state index contributed by atoms with van der Waals surface area (Å²) in [4.78, 5) is 113. The fraction of sp³-hybridized carbons (Fsp3) is 0.433. The van der Waals surface area contributed by atoms with Gasteiger partial charge < -0.3 is 57.4 Å². The number of hydrogen-bond acceptors (Lipinski definition) is 21. The number of anilines is 2. The molecule has 3 amide bonds. The first-order chi connectivity index (χ1) is 39.8. The summed E-state index contributed by atoms with van der Waals surface area (Å²) < 4.78 is 53.7. The van der Waals surface area contributed by atoms with Crippen LogP contribution in [0.25, 0.3) is 0 Å². The third-order valence-electron chi connectivity index (χ3n) is 9.88. The fourth-order valence-corrected chi connectivity index (χ4v) is 5.52. The van der Waals surface area contributed by atoms with Crippen molar-refractivity contribution in [2.24, 2.45) is 0 Å². The summed E-state index contributed by atoms with van der Waals surface area (Å²) >= 11 is 0. The largest absolute Gasteiger partial charge is 0.462 e. The zero-order chi connectivity index (χ0) is 63.2. The standard InChI is InChI=1S/C27H30N2O8.C21H33NO8.C12H18O5/c1-18(2)24(30)34-13-15-36-26(32)28-22-9-5-20(6-10-22)17-21-7-11-23(12-8-21)29-27(33)37-16-14-35-25(31)19(3)4;1-16(2)19(24)28-13-12-27-18(23)10-8-6-5-7-9-11-22-21(26)30-15-14-29-20(25)17(3)4;1-9(2)11(13)16-7-5-15-6-8-17-12(14)10(3)4/h5-12H,1,3,13-17H2,2,4H3,(H,28,32)(H,29,33);1,3,5-15H2,2,4H3,(H,22,26);1,3,5-8H2,2,4H3. The summed E-state index contributed by atoms with van der Waals surface area (Å²) in [6.45, 7) is 31.0. The highest BCUT2D eigenvalue weighted by atomic mass is 16.6. The molecule has 2 aromatic carbocycles. The van der Waals surface area contributed by atoms with Crippen molar-refractivity contribution in [3.05, 3.63) is 133 Å². The van der Waals surface area contributed by atoms with Crippen molar-refractivity contribution in [1.29, 1.82) is 0 Å². The average Bonchev–Trinajstić information content (AvgIpc) is 3.49. The van der Waals surface area contributed by atoms with E-state index < -0.39 is 54.1 Å². The maximum atomic E-state index is 11.8. The first kappa shape index (κ1) is 74.9. The van der Waals surface area contributed by atoms with Gasteiger partial charge in [0.2, 0.25) is 0 Å². The Morgan fingerprint density at radius 3 is 0.940 bits per heavy atom. The van der Waals surface area contributed by atoms with Crippen LogP contribution in [0.15, 0.2) is 121 Å². The normalized spacial score (nSPS) is 9.88. The number of ether oxygens (including phenoxy) is 11. The molecule has 2 rings (SSSR count). The molecule has 3 N–H and O–H groups in total. The minimum absolute atomic E-state index is 0.0127. The van der Waals surface area contributed by atoms with Gasteiger partial charge in [0.05, 0.1) is 13.2 Å². The lowest BCUT2D eigenvalue weighted by atomic mass is 10.0. The van der Waals surface area contributed by atoms with Crippen molar-refractivity contribution < 1.29 is 100 Å². The summed E-state index contributed by atoms with van der Waals surface area (Å²) in [5.41, 5.74) is 4.96. The van der Waals surface area contributed by atoms with E-state index in [0.717, 1.165) is 36.8 Å². The fourth-order valence-electron chi connectivity index (χ4n) is 5.52. The minimum atomic E-state index is -0.659. The van der Waals surface area contributed by atoms with Gasteiger partial charge in [-0.15, -0.1) is 0 Å². The van der Waals surface area contributed by atoms with E-state index in [-0.39, 0.29) is 102 Å². The second-order valence-electron chi connectivity index (χ2n) is 18.0. The van der Waals surface area contributed by atoms with E-state index in [1.54, 1.807) is 45.0 Å². The van der Waals surface area contributed by atoms with Gasteiger partial charge in [-0.05, 0) is 96.2 Å². The second kappa shape index (κ2) is 45.5. The van der Waals surface area contributed by atoms with E-state index >= 15 is 0 Å². The van der Waals surface area contributed by atoms with Crippen LogP contribution in [0, 0.1) is 0 Å². The van der Waals surface area contributed by atoms with Crippen LogP contribution in [0.4, 0.5) is 25.8 Å². The maximum Gasteiger partial charge on any atom is 0.411 e. The van der Waals surface area contributed by atoms with Gasteiger partial charge in [0.1, 0.15) is 66.1 Å². The number of carbonyl (C=O) groups is 10. The lowest BCUT2D eigenvalue weighted by Gasteiger charge is -2.09. The van der Waals surface area contributed by atoms with E-state index in [0.29, 0.717) is 53.9 Å². The molecular formula is C60H81N3O21. The van der Waals surface area contributed by atoms with Crippen LogP contribution in [0.1, 0.15) is 91.2 Å². The Morgan fingerprint density at radius 1 is 0.333 bits per heavy atom. The summed E-state index contributed by atoms with van der Waals surface area (Å²) in [7, 11) is 0. The van der Waals surface area contributed by atoms with E-state index in [4.69, 9.17) is 52.1 Å². The molecule has 0 aliphatic rings. The Hall–Kier alpha value is -9.06. The van der Waals surface area contributed by atoms with Gasteiger partial charge in [-0.2, -0.15) is 0 Å². The van der Waals surface area contributed by atoms with Gasteiger partial charge in [0.25, 0.3) is 0 Å². The molecule has 0 spiro atoms. The molecule has 24 heteroatoms. The van der Waals surface area contributed by atoms with Crippen LogP contribution >= 0.6 is 0 Å². The Bertz CT molecular complexity index is 2360. The number of rotatable bonds is 36. The van der Waals surface area contributed by atoms with Crippen molar-refractivity contribution in [2.45, 2.75) is 86.5 Å². The lowest BCUT2D eigenvalue weighted by molar-refractivity contribution is -0.150. The van der Waals surface area contributed by atoms with Crippen molar-refractivity contribution in [3.63, 3.8) is 0 Å². The summed E-state index contributed by atoms with van der Waals surface area (Å²) in [5, 5.41) is 7.81. The Morgan fingerprint density at radius 2 is 0.607 bits per heavy atom. The zero-order valence-corrected chi connectivity index (χ0v) is 49.1. The van der Waals surface area contributed by atoms with Crippen LogP contribution in [0.2, 0.25) is 0 Å². The molecule has 24 nitrogen and oxygen atoms in total. The first-order valence-corrected chi connectivity index (χ1v) is 26.5. The van der Waals surface area contributed by atoms with Crippen molar-refractivity contribution >= 4 is 71.4 Å². The van der Waals surface area contributed by atoms with Crippen LogP contribution in [-0.2, 0) is 92.1 Å². The van der Waals surface area contributed by atoms with Crippen LogP contribution in [-0.4, -0.2) is 146 Å². The summed E-state index contributed by atoms with van der Waals surface area (Å²) in [5.74, 6) is -3.30. The number of benzene rings is 2. The number of nitrogens with one attached hydrogen (secondary N) is 3. The molecule has 0 aliphatic carbocycles. The van der Waals surface area contributed by atoms with Crippen molar-refractivity contribution in [2.75, 3.05) is 96.5 Å². The highest BCUT2D eigenvalue weighted by Gasteiger charge is 2.11. The molecule has 0 heterocycles. The van der Waals surface area contributed by atoms with Crippen molar-refractivity contribution in [3.8, 4) is 0 Å². The molecule has 0 radical (unpaired) electrons. The van der Waals surface area contributed by atoms with Gasteiger partial charge in [0, 0.05) is 57.8 Å². The van der Waals surface area contributed by atoms with Crippen molar-refractivity contribution in [1.82, 2.24) is 5.32 Å². The first-order valence-electron chi connectivity index (χ1n) is 26.5. The minimum Gasteiger partial charge on any atom is -0.462 e. The third-order valence-corrected chi connectivity index (χ3v) is 9.88. The Kier molecular flexibility index (Phi) is 40.6. The lowest BCUT2D eigenvalue weighted by Crippen LogP contribution is -2.26. The number of unbranched alkanes of at least 4 members (excludes halogenated alkanes) is 4. The topological polar surface area (TPSA) is 308 Å². The number of alkyl carbamates (subject to hydrolysis) is 1. The SMILES string of the molecule is C=C(C)C(=O)OCCOC(=O)CCCCCCCNC(=O)OCCOC(=O)C(=C)C.C=C(C)C(=O)OCCOC(=O)Nc1ccc(Cc2ccc(NC(=O)OCCOC(=O)C(=C)C)cc2)cc1.C=C(C)C(=O)OCCOCCOC(=O)C(=C)C. The maximum absolute atomic E-state index is 11.8. The predicted octanol–water partition coefficient (Wildman–Crippen LogP) is 8.69. The van der Waals surface area contributed by atoms with Gasteiger partial charge in [-0.1, -0.05) is 83.0 Å². The second-order valence-corrected chi connectivity index (χ2v) is 18.0.